The van der Waals surface area contributed by atoms with E-state index in [2.05, 4.69) is 76.2 Å². The van der Waals surface area contributed by atoms with E-state index in [0.717, 1.165) is 41.4 Å². The Labute approximate surface area is 136 Å². The minimum absolute atomic E-state index is 0.415. The largest absolute Gasteiger partial charge is 0.0651 e. The van der Waals surface area contributed by atoms with Gasteiger partial charge in [-0.3, -0.25) is 0 Å². The first-order chi connectivity index (χ1) is 9.52. The summed E-state index contributed by atoms with van der Waals surface area (Å²) in [7, 11) is 0. The van der Waals surface area contributed by atoms with E-state index in [9.17, 15) is 0 Å². The summed E-state index contributed by atoms with van der Waals surface area (Å²) in [5.41, 5.74) is 0.415. The molecule has 0 rings (SSSR count). The van der Waals surface area contributed by atoms with Crippen molar-refractivity contribution in [2.75, 3.05) is 0 Å². The summed E-state index contributed by atoms with van der Waals surface area (Å²) in [5, 5.41) is 0. The summed E-state index contributed by atoms with van der Waals surface area (Å²) >= 11 is 0. The molecular weight excluding hydrogens is 252 g/mol. The molecule has 0 aromatic carbocycles. The SMILES string of the molecule is CCC(C)C(C)C(C)(C)C(C)C(C)C(C)C(CC)C(C)C. The summed E-state index contributed by atoms with van der Waals surface area (Å²) < 4.78 is 0. The van der Waals surface area contributed by atoms with Gasteiger partial charge >= 0.3 is 0 Å². The lowest BCUT2D eigenvalue weighted by Gasteiger charge is -2.46. The predicted molar refractivity (Wildman–Crippen MR) is 98.5 cm³/mol. The van der Waals surface area contributed by atoms with E-state index < -0.39 is 0 Å². The Morgan fingerprint density at radius 2 is 1.14 bits per heavy atom. The van der Waals surface area contributed by atoms with Gasteiger partial charge in [-0.2, -0.15) is 0 Å². The monoisotopic (exact) mass is 296 g/mol. The van der Waals surface area contributed by atoms with Gasteiger partial charge in [-0.25, -0.2) is 0 Å². The fraction of sp³-hybridized carbons (Fsp3) is 1.00. The maximum Gasteiger partial charge on any atom is -0.0298 e. The topological polar surface area (TPSA) is 0 Å². The molecule has 6 unspecified atom stereocenters. The molecular formula is C21H44. The molecule has 0 amide bonds. The minimum Gasteiger partial charge on any atom is -0.0651 e. The van der Waals surface area contributed by atoms with Crippen molar-refractivity contribution in [3.05, 3.63) is 0 Å². The molecule has 0 heterocycles. The first kappa shape index (κ1) is 21.0. The van der Waals surface area contributed by atoms with E-state index in [1.807, 2.05) is 0 Å². The molecule has 0 N–H and O–H groups in total. The van der Waals surface area contributed by atoms with Crippen molar-refractivity contribution >= 4 is 0 Å². The highest BCUT2D eigenvalue weighted by atomic mass is 14.4. The summed E-state index contributed by atoms with van der Waals surface area (Å²) in [5.74, 6) is 5.63. The van der Waals surface area contributed by atoms with Crippen LogP contribution in [-0.2, 0) is 0 Å². The van der Waals surface area contributed by atoms with E-state index in [1.165, 1.54) is 12.8 Å². The molecule has 0 nitrogen and oxygen atoms in total. The second-order valence-corrected chi connectivity index (χ2v) is 8.82. The highest BCUT2D eigenvalue weighted by molar-refractivity contribution is 4.88. The summed E-state index contributed by atoms with van der Waals surface area (Å²) in [6.07, 6.45) is 2.61. The van der Waals surface area contributed by atoms with Gasteiger partial charge in [-0.15, -0.1) is 0 Å². The fourth-order valence-corrected chi connectivity index (χ4v) is 4.47. The molecule has 0 fully saturated rings. The predicted octanol–water partition coefficient (Wildman–Crippen LogP) is 7.29. The Balaban J connectivity index is 5.08. The molecule has 0 radical (unpaired) electrons. The smallest absolute Gasteiger partial charge is 0.0298 e. The normalized spacial score (nSPS) is 21.7. The van der Waals surface area contributed by atoms with Gasteiger partial charge < -0.3 is 0 Å². The Kier molecular flexibility index (Phi) is 8.59. The average molecular weight is 297 g/mol. The quantitative estimate of drug-likeness (QED) is 0.419. The maximum atomic E-state index is 2.51. The van der Waals surface area contributed by atoms with Crippen LogP contribution in [0.2, 0.25) is 0 Å². The first-order valence-corrected chi connectivity index (χ1v) is 9.52. The van der Waals surface area contributed by atoms with Crippen LogP contribution in [0.5, 0.6) is 0 Å². The molecule has 0 aliphatic rings. The minimum atomic E-state index is 0.415. The van der Waals surface area contributed by atoms with Crippen molar-refractivity contribution in [2.24, 2.45) is 46.8 Å². The third kappa shape index (κ3) is 5.00. The fourth-order valence-electron chi connectivity index (χ4n) is 4.47. The van der Waals surface area contributed by atoms with Crippen LogP contribution in [0.25, 0.3) is 0 Å². The zero-order valence-corrected chi connectivity index (χ0v) is 17.0. The number of hydrogen-bond acceptors (Lipinski definition) is 0. The van der Waals surface area contributed by atoms with Crippen molar-refractivity contribution in [1.82, 2.24) is 0 Å². The maximum absolute atomic E-state index is 2.51. The molecule has 0 saturated heterocycles. The van der Waals surface area contributed by atoms with Crippen molar-refractivity contribution in [1.29, 1.82) is 0 Å². The zero-order valence-electron chi connectivity index (χ0n) is 17.0. The van der Waals surface area contributed by atoms with Gasteiger partial charge in [0.05, 0.1) is 0 Å². The molecule has 0 spiro atoms. The lowest BCUT2D eigenvalue weighted by atomic mass is 9.59. The van der Waals surface area contributed by atoms with E-state index in [-0.39, 0.29) is 0 Å². The average Bonchev–Trinajstić information content (AvgIpc) is 2.43. The molecule has 0 aromatic rings. The van der Waals surface area contributed by atoms with Gasteiger partial charge in [0.25, 0.3) is 0 Å². The van der Waals surface area contributed by atoms with Crippen molar-refractivity contribution in [3.63, 3.8) is 0 Å². The standard InChI is InChI=1S/C21H44/c1-12-15(5)18(8)21(10,11)19(9)16(6)17(7)20(13-2)14(3)4/h14-20H,12-13H2,1-11H3. The van der Waals surface area contributed by atoms with E-state index >= 15 is 0 Å². The molecule has 0 aliphatic carbocycles. The van der Waals surface area contributed by atoms with Crippen LogP contribution < -0.4 is 0 Å². The van der Waals surface area contributed by atoms with Crippen molar-refractivity contribution < 1.29 is 0 Å². The van der Waals surface area contributed by atoms with Crippen LogP contribution in [-0.4, -0.2) is 0 Å². The summed E-state index contributed by atoms with van der Waals surface area (Å²) in [6.45, 7) is 26.9. The Morgan fingerprint density at radius 1 is 0.667 bits per heavy atom. The highest BCUT2D eigenvalue weighted by Gasteiger charge is 2.39. The van der Waals surface area contributed by atoms with Gasteiger partial charge in [-0.05, 0) is 46.8 Å². The molecule has 0 aliphatic heterocycles. The molecule has 0 bridgehead atoms. The van der Waals surface area contributed by atoms with Gasteiger partial charge in [0.15, 0.2) is 0 Å². The molecule has 0 heteroatoms. The van der Waals surface area contributed by atoms with Crippen LogP contribution in [0.3, 0.4) is 0 Å². The summed E-state index contributed by atoms with van der Waals surface area (Å²) in [6, 6.07) is 0. The van der Waals surface area contributed by atoms with Crippen LogP contribution in [0, 0.1) is 46.8 Å². The van der Waals surface area contributed by atoms with E-state index in [0.29, 0.717) is 5.41 Å². The van der Waals surface area contributed by atoms with Crippen molar-refractivity contribution in [3.8, 4) is 0 Å². The Morgan fingerprint density at radius 3 is 1.48 bits per heavy atom. The summed E-state index contributed by atoms with van der Waals surface area (Å²) in [4.78, 5) is 0. The lowest BCUT2D eigenvalue weighted by molar-refractivity contribution is 0.0270. The van der Waals surface area contributed by atoms with E-state index in [1.54, 1.807) is 0 Å². The van der Waals surface area contributed by atoms with Gasteiger partial charge in [0.1, 0.15) is 0 Å². The third-order valence-electron chi connectivity index (χ3n) is 7.47. The van der Waals surface area contributed by atoms with Crippen LogP contribution in [0.1, 0.15) is 89.0 Å². The molecule has 6 atom stereocenters. The highest BCUT2D eigenvalue weighted by Crippen LogP contribution is 2.46. The van der Waals surface area contributed by atoms with Crippen molar-refractivity contribution in [2.45, 2.75) is 89.0 Å². The second-order valence-electron chi connectivity index (χ2n) is 8.82. The van der Waals surface area contributed by atoms with E-state index in [4.69, 9.17) is 0 Å². The first-order valence-electron chi connectivity index (χ1n) is 9.52. The number of hydrogen-bond donors (Lipinski definition) is 0. The number of rotatable bonds is 9. The van der Waals surface area contributed by atoms with Crippen LogP contribution in [0.4, 0.5) is 0 Å². The Hall–Kier alpha value is 0. The zero-order chi connectivity index (χ0) is 17.0. The van der Waals surface area contributed by atoms with Gasteiger partial charge in [0, 0.05) is 0 Å². The van der Waals surface area contributed by atoms with Crippen LogP contribution in [0.15, 0.2) is 0 Å². The third-order valence-corrected chi connectivity index (χ3v) is 7.47. The molecule has 0 saturated carbocycles. The molecule has 21 heavy (non-hydrogen) atoms. The van der Waals surface area contributed by atoms with Gasteiger partial charge in [-0.1, -0.05) is 89.0 Å². The van der Waals surface area contributed by atoms with Crippen LogP contribution >= 0.6 is 0 Å². The van der Waals surface area contributed by atoms with Gasteiger partial charge in [0.2, 0.25) is 0 Å². The molecule has 0 aromatic heterocycles. The molecule has 128 valence electrons. The Bertz CT molecular complexity index is 276. The lowest BCUT2D eigenvalue weighted by Crippen LogP contribution is -2.39. The second kappa shape index (κ2) is 8.59.